The Balaban J connectivity index is 1.52. The molecular formula is C22H21FN4O. The van der Waals surface area contributed by atoms with Crippen LogP contribution in [-0.2, 0) is 13.0 Å². The predicted molar refractivity (Wildman–Crippen MR) is 106 cm³/mol. The van der Waals surface area contributed by atoms with Gasteiger partial charge in [0.05, 0.1) is 12.3 Å². The van der Waals surface area contributed by atoms with Gasteiger partial charge >= 0.3 is 0 Å². The second kappa shape index (κ2) is 7.76. The number of hydrogen-bond donors (Lipinski definition) is 0. The van der Waals surface area contributed by atoms with Gasteiger partial charge in [-0.15, -0.1) is 0 Å². The first kappa shape index (κ1) is 18.1. The van der Waals surface area contributed by atoms with E-state index in [1.807, 2.05) is 37.4 Å². The predicted octanol–water partition coefficient (Wildman–Crippen LogP) is 4.11. The van der Waals surface area contributed by atoms with E-state index in [-0.39, 0.29) is 11.6 Å². The second-order valence-corrected chi connectivity index (χ2v) is 6.58. The molecule has 0 saturated heterocycles. The molecule has 2 aromatic heterocycles. The van der Waals surface area contributed by atoms with Gasteiger partial charge in [0.2, 0.25) is 0 Å². The third kappa shape index (κ3) is 3.58. The summed E-state index contributed by atoms with van der Waals surface area (Å²) in [5.41, 5.74) is 4.37. The smallest absolute Gasteiger partial charge is 0.178 e. The van der Waals surface area contributed by atoms with Gasteiger partial charge in [0.25, 0.3) is 0 Å². The molecule has 3 aromatic rings. The van der Waals surface area contributed by atoms with Crippen molar-refractivity contribution in [3.05, 3.63) is 78.0 Å². The van der Waals surface area contributed by atoms with Crippen LogP contribution in [0.3, 0.4) is 0 Å². The van der Waals surface area contributed by atoms with Crippen LogP contribution in [0.5, 0.6) is 5.75 Å². The molecule has 3 heterocycles. The SMILES string of the molecule is C=C(c1ccc(OCC)c(F)c1)N1CCc2nc(-c3ccccn3)ncc2C1. The van der Waals surface area contributed by atoms with E-state index in [1.54, 1.807) is 12.3 Å². The Morgan fingerprint density at radius 3 is 2.89 bits per heavy atom. The topological polar surface area (TPSA) is 51.1 Å². The van der Waals surface area contributed by atoms with E-state index >= 15 is 0 Å². The number of aromatic nitrogens is 3. The molecule has 0 aliphatic carbocycles. The van der Waals surface area contributed by atoms with E-state index in [0.29, 0.717) is 19.0 Å². The Kier molecular flexibility index (Phi) is 5.02. The Hall–Kier alpha value is -3.28. The highest BCUT2D eigenvalue weighted by Gasteiger charge is 2.21. The van der Waals surface area contributed by atoms with Crippen molar-refractivity contribution in [2.75, 3.05) is 13.2 Å². The normalized spacial score (nSPS) is 13.1. The number of ether oxygens (including phenoxy) is 1. The first-order valence-electron chi connectivity index (χ1n) is 9.28. The minimum atomic E-state index is -0.374. The van der Waals surface area contributed by atoms with Crippen LogP contribution in [0.4, 0.5) is 4.39 Å². The molecule has 1 aliphatic rings. The minimum Gasteiger partial charge on any atom is -0.491 e. The molecular weight excluding hydrogens is 355 g/mol. The first-order chi connectivity index (χ1) is 13.7. The summed E-state index contributed by atoms with van der Waals surface area (Å²) in [6.45, 7) is 7.84. The lowest BCUT2D eigenvalue weighted by molar-refractivity contribution is 0.321. The van der Waals surface area contributed by atoms with E-state index in [4.69, 9.17) is 4.74 Å². The van der Waals surface area contributed by atoms with Gasteiger partial charge in [0, 0.05) is 48.7 Å². The number of fused-ring (bicyclic) bond motifs is 1. The fourth-order valence-corrected chi connectivity index (χ4v) is 3.30. The molecule has 0 fully saturated rings. The summed E-state index contributed by atoms with van der Waals surface area (Å²) in [5.74, 6) is 0.528. The van der Waals surface area contributed by atoms with E-state index in [1.165, 1.54) is 6.07 Å². The molecule has 5 nitrogen and oxygen atoms in total. The van der Waals surface area contributed by atoms with E-state index in [9.17, 15) is 4.39 Å². The standard InChI is InChI=1S/C22H21FN4O/c1-3-28-21-8-7-16(12-18(21)23)15(2)27-11-9-19-17(14-27)13-25-22(26-19)20-6-4-5-10-24-20/h4-8,10,12-13H,2-3,9,11,14H2,1H3. The Morgan fingerprint density at radius 2 is 2.14 bits per heavy atom. The molecule has 0 N–H and O–H groups in total. The highest BCUT2D eigenvalue weighted by Crippen LogP contribution is 2.28. The molecule has 0 unspecified atom stereocenters. The van der Waals surface area contributed by atoms with E-state index in [0.717, 1.165) is 41.2 Å². The summed E-state index contributed by atoms with van der Waals surface area (Å²) >= 11 is 0. The molecule has 0 atom stereocenters. The van der Waals surface area contributed by atoms with Crippen LogP contribution in [0.25, 0.3) is 17.2 Å². The molecule has 28 heavy (non-hydrogen) atoms. The number of benzene rings is 1. The largest absolute Gasteiger partial charge is 0.491 e. The molecule has 1 aliphatic heterocycles. The van der Waals surface area contributed by atoms with Crippen molar-refractivity contribution in [3.63, 3.8) is 0 Å². The monoisotopic (exact) mass is 376 g/mol. The molecule has 0 radical (unpaired) electrons. The molecule has 0 bridgehead atoms. The second-order valence-electron chi connectivity index (χ2n) is 6.58. The number of hydrogen-bond acceptors (Lipinski definition) is 5. The minimum absolute atomic E-state index is 0.262. The third-order valence-electron chi connectivity index (χ3n) is 4.77. The molecule has 0 saturated carbocycles. The number of pyridine rings is 1. The summed E-state index contributed by atoms with van der Waals surface area (Å²) in [6.07, 6.45) is 4.36. The fourth-order valence-electron chi connectivity index (χ4n) is 3.30. The number of rotatable bonds is 5. The molecule has 0 amide bonds. The lowest BCUT2D eigenvalue weighted by Crippen LogP contribution is -2.30. The van der Waals surface area contributed by atoms with Gasteiger partial charge in [0.15, 0.2) is 17.4 Å². The van der Waals surface area contributed by atoms with Crippen LogP contribution in [-0.4, -0.2) is 33.0 Å². The van der Waals surface area contributed by atoms with Gasteiger partial charge in [-0.3, -0.25) is 4.98 Å². The summed E-state index contributed by atoms with van der Waals surface area (Å²) in [7, 11) is 0. The summed E-state index contributed by atoms with van der Waals surface area (Å²) < 4.78 is 19.5. The fraction of sp³-hybridized carbons (Fsp3) is 0.227. The molecule has 0 spiro atoms. The van der Waals surface area contributed by atoms with Gasteiger partial charge in [-0.2, -0.15) is 0 Å². The van der Waals surface area contributed by atoms with Crippen molar-refractivity contribution in [2.45, 2.75) is 19.9 Å². The summed E-state index contributed by atoms with van der Waals surface area (Å²) in [6, 6.07) is 10.7. The maximum Gasteiger partial charge on any atom is 0.178 e. The van der Waals surface area contributed by atoms with Crippen LogP contribution < -0.4 is 4.74 Å². The van der Waals surface area contributed by atoms with Crippen molar-refractivity contribution in [1.82, 2.24) is 19.9 Å². The van der Waals surface area contributed by atoms with Crippen molar-refractivity contribution in [3.8, 4) is 17.3 Å². The Morgan fingerprint density at radius 1 is 1.25 bits per heavy atom. The lowest BCUT2D eigenvalue weighted by atomic mass is 10.0. The maximum atomic E-state index is 14.2. The van der Waals surface area contributed by atoms with Crippen LogP contribution in [0.2, 0.25) is 0 Å². The zero-order valence-corrected chi connectivity index (χ0v) is 15.7. The van der Waals surface area contributed by atoms with Gasteiger partial charge in [-0.25, -0.2) is 14.4 Å². The first-order valence-corrected chi connectivity index (χ1v) is 9.28. The van der Waals surface area contributed by atoms with Crippen LogP contribution in [0, 0.1) is 5.82 Å². The summed E-state index contributed by atoms with van der Waals surface area (Å²) in [5, 5.41) is 0. The third-order valence-corrected chi connectivity index (χ3v) is 4.77. The molecule has 142 valence electrons. The van der Waals surface area contributed by atoms with Gasteiger partial charge in [-0.1, -0.05) is 12.6 Å². The molecule has 6 heteroatoms. The van der Waals surface area contributed by atoms with Crippen molar-refractivity contribution in [1.29, 1.82) is 0 Å². The highest BCUT2D eigenvalue weighted by atomic mass is 19.1. The lowest BCUT2D eigenvalue weighted by Gasteiger charge is -2.31. The van der Waals surface area contributed by atoms with Gasteiger partial charge < -0.3 is 9.64 Å². The molecule has 4 rings (SSSR count). The Labute approximate surface area is 163 Å². The average molecular weight is 376 g/mol. The van der Waals surface area contributed by atoms with Gasteiger partial charge in [0.1, 0.15) is 5.69 Å². The Bertz CT molecular complexity index is 1010. The van der Waals surface area contributed by atoms with Crippen molar-refractivity contribution < 1.29 is 9.13 Å². The average Bonchev–Trinajstić information content (AvgIpc) is 2.74. The molecule has 1 aromatic carbocycles. The van der Waals surface area contributed by atoms with Crippen LogP contribution in [0.1, 0.15) is 23.7 Å². The summed E-state index contributed by atoms with van der Waals surface area (Å²) in [4.78, 5) is 15.6. The van der Waals surface area contributed by atoms with Crippen molar-refractivity contribution in [2.24, 2.45) is 0 Å². The highest BCUT2D eigenvalue weighted by molar-refractivity contribution is 5.63. The quantitative estimate of drug-likeness (QED) is 0.671. The number of nitrogens with zero attached hydrogens (tertiary/aromatic N) is 4. The van der Waals surface area contributed by atoms with Crippen LogP contribution >= 0.6 is 0 Å². The van der Waals surface area contributed by atoms with Crippen LogP contribution in [0.15, 0.2) is 55.4 Å². The zero-order valence-electron chi connectivity index (χ0n) is 15.7. The zero-order chi connectivity index (χ0) is 19.5. The maximum absolute atomic E-state index is 14.2. The van der Waals surface area contributed by atoms with E-state index < -0.39 is 0 Å². The van der Waals surface area contributed by atoms with Gasteiger partial charge in [-0.05, 0) is 37.3 Å². The number of halogens is 1. The van der Waals surface area contributed by atoms with E-state index in [2.05, 4.69) is 26.4 Å². The van der Waals surface area contributed by atoms with Crippen molar-refractivity contribution >= 4 is 5.70 Å².